The van der Waals surface area contributed by atoms with Crippen molar-refractivity contribution < 1.29 is 54.9 Å². The van der Waals surface area contributed by atoms with Gasteiger partial charge in [0.05, 0.1) is 10.6 Å². The molecule has 3 rings (SSSR count). The summed E-state index contributed by atoms with van der Waals surface area (Å²) in [5, 5.41) is 10.8. The fourth-order valence-corrected chi connectivity index (χ4v) is 3.16. The van der Waals surface area contributed by atoms with E-state index < -0.39 is 58.4 Å². The molecule has 0 aliphatic heterocycles. The molecule has 0 aliphatic rings. The van der Waals surface area contributed by atoms with Crippen LogP contribution >= 0.6 is 11.6 Å². The van der Waals surface area contributed by atoms with E-state index in [0.717, 1.165) is 24.3 Å². The number of hydrogen-bond donors (Lipinski definition) is 2. The van der Waals surface area contributed by atoms with Crippen molar-refractivity contribution in [2.75, 3.05) is 5.32 Å². The lowest BCUT2D eigenvalue weighted by molar-refractivity contribution is -0.274. The van der Waals surface area contributed by atoms with E-state index in [1.807, 2.05) is 5.32 Å². The van der Waals surface area contributed by atoms with Crippen molar-refractivity contribution in [3.63, 3.8) is 0 Å². The summed E-state index contributed by atoms with van der Waals surface area (Å²) < 4.78 is 101. The number of nitrogens with one attached hydrogen (secondary N) is 1. The second kappa shape index (κ2) is 10.3. The Hall–Kier alpha value is -4.00. The van der Waals surface area contributed by atoms with Crippen molar-refractivity contribution in [2.24, 2.45) is 0 Å². The van der Waals surface area contributed by atoms with Crippen LogP contribution in [0.15, 0.2) is 42.5 Å². The Morgan fingerprint density at radius 1 is 0.917 bits per heavy atom. The topological polar surface area (TPSA) is 84.9 Å². The molecule has 36 heavy (non-hydrogen) atoms. The van der Waals surface area contributed by atoms with Crippen LogP contribution in [0.2, 0.25) is 5.02 Å². The number of ether oxygens (including phenoxy) is 2. The lowest BCUT2D eigenvalue weighted by atomic mass is 10.0. The zero-order valence-electron chi connectivity index (χ0n) is 17.4. The second-order valence-corrected chi connectivity index (χ2v) is 7.30. The number of halogens is 8. The van der Waals surface area contributed by atoms with Crippen molar-refractivity contribution in [2.45, 2.75) is 13.0 Å². The molecule has 0 aromatic heterocycles. The van der Waals surface area contributed by atoms with E-state index in [2.05, 4.69) is 4.74 Å². The number of carboxylic acid groups (broad SMARTS) is 1. The summed E-state index contributed by atoms with van der Waals surface area (Å²) in [6.45, 7) is -0.248. The molecule has 190 valence electrons. The Bertz CT molecular complexity index is 1350. The summed E-state index contributed by atoms with van der Waals surface area (Å²) in [6, 6.07) is 8.27. The Labute approximate surface area is 201 Å². The zero-order valence-corrected chi connectivity index (χ0v) is 18.1. The average Bonchev–Trinajstić information content (AvgIpc) is 2.78. The molecule has 0 heterocycles. The highest BCUT2D eigenvalue weighted by atomic mass is 35.5. The molecule has 2 N–H and O–H groups in total. The lowest BCUT2D eigenvalue weighted by Gasteiger charge is -2.13. The molecule has 0 radical (unpaired) electrons. The van der Waals surface area contributed by atoms with Crippen molar-refractivity contribution in [1.29, 1.82) is 0 Å². The molecule has 0 bridgehead atoms. The fourth-order valence-electron chi connectivity index (χ4n) is 2.93. The van der Waals surface area contributed by atoms with Gasteiger partial charge in [-0.3, -0.25) is 4.79 Å². The van der Waals surface area contributed by atoms with Gasteiger partial charge in [0.1, 0.15) is 23.7 Å². The Morgan fingerprint density at radius 2 is 1.56 bits per heavy atom. The minimum atomic E-state index is -4.89. The molecule has 0 spiro atoms. The maximum atomic E-state index is 14.1. The Morgan fingerprint density at radius 3 is 2.14 bits per heavy atom. The fraction of sp³-hybridized carbons (Fsp3) is 0.0909. The second-order valence-electron chi connectivity index (χ2n) is 6.89. The van der Waals surface area contributed by atoms with E-state index in [-0.39, 0.29) is 28.6 Å². The molecule has 6 nitrogen and oxygen atoms in total. The maximum Gasteiger partial charge on any atom is 0.573 e. The van der Waals surface area contributed by atoms with E-state index in [4.69, 9.17) is 21.4 Å². The molecule has 0 saturated heterocycles. The molecule has 0 atom stereocenters. The third-order valence-corrected chi connectivity index (χ3v) is 4.72. The van der Waals surface area contributed by atoms with Gasteiger partial charge in [0.25, 0.3) is 5.91 Å². The third kappa shape index (κ3) is 5.97. The van der Waals surface area contributed by atoms with Crippen LogP contribution in [0.5, 0.6) is 11.5 Å². The van der Waals surface area contributed by atoms with Crippen molar-refractivity contribution in [3.05, 3.63) is 87.4 Å². The van der Waals surface area contributed by atoms with Crippen LogP contribution in [0.25, 0.3) is 0 Å². The first kappa shape index (κ1) is 26.6. The smallest absolute Gasteiger partial charge is 0.487 e. The number of alkyl halides is 3. The highest BCUT2D eigenvalue weighted by Gasteiger charge is 2.33. The van der Waals surface area contributed by atoms with Crippen LogP contribution in [-0.2, 0) is 6.61 Å². The number of carbonyl (C=O) groups is 2. The van der Waals surface area contributed by atoms with E-state index in [0.29, 0.717) is 0 Å². The lowest BCUT2D eigenvalue weighted by Crippen LogP contribution is -2.22. The molecule has 3 aromatic carbocycles. The van der Waals surface area contributed by atoms with Gasteiger partial charge in [-0.15, -0.1) is 13.2 Å². The van der Waals surface area contributed by atoms with Gasteiger partial charge in [-0.05, 0) is 35.9 Å². The number of aromatic carboxylic acids is 1. The Kier molecular flexibility index (Phi) is 7.62. The van der Waals surface area contributed by atoms with Gasteiger partial charge in [0.2, 0.25) is 0 Å². The molecule has 14 heteroatoms. The highest BCUT2D eigenvalue weighted by molar-refractivity contribution is 6.32. The van der Waals surface area contributed by atoms with Crippen LogP contribution in [0.3, 0.4) is 0 Å². The van der Waals surface area contributed by atoms with Crippen LogP contribution in [0, 0.1) is 23.3 Å². The van der Waals surface area contributed by atoms with Gasteiger partial charge in [0, 0.05) is 5.69 Å². The van der Waals surface area contributed by atoms with Crippen molar-refractivity contribution in [1.82, 2.24) is 0 Å². The maximum absolute atomic E-state index is 14.1. The molecule has 0 saturated carbocycles. The van der Waals surface area contributed by atoms with Gasteiger partial charge in [-0.25, -0.2) is 22.4 Å². The first-order valence-corrected chi connectivity index (χ1v) is 9.84. The predicted molar refractivity (Wildman–Crippen MR) is 110 cm³/mol. The standard InChI is InChI=1S/C22H11ClF7NO5/c23-12-7-10(31-20(32)14-15(21(33)34)17(25)19(27)18(26)16(14)24)4-5-13(12)35-8-9-2-1-3-11(6-9)36-22(28,29)30/h1-7H,8H2,(H,31,32)(H,33,34). The van der Waals surface area contributed by atoms with Gasteiger partial charge >= 0.3 is 12.3 Å². The normalized spacial score (nSPS) is 11.2. The van der Waals surface area contributed by atoms with E-state index in [9.17, 15) is 40.3 Å². The monoisotopic (exact) mass is 537 g/mol. The quantitative estimate of drug-likeness (QED) is 0.209. The van der Waals surface area contributed by atoms with Gasteiger partial charge in [-0.2, -0.15) is 0 Å². The molecule has 3 aromatic rings. The van der Waals surface area contributed by atoms with E-state index in [1.165, 1.54) is 18.2 Å². The SMILES string of the molecule is O=C(O)c1c(F)c(F)c(F)c(F)c1C(=O)Nc1ccc(OCc2cccc(OC(F)(F)F)c2)c(Cl)c1. The molecule has 0 fully saturated rings. The zero-order chi connectivity index (χ0) is 26.8. The third-order valence-electron chi connectivity index (χ3n) is 4.42. The summed E-state index contributed by atoms with van der Waals surface area (Å²) in [7, 11) is 0. The van der Waals surface area contributed by atoms with E-state index in [1.54, 1.807) is 0 Å². The van der Waals surface area contributed by atoms with Crippen LogP contribution in [-0.4, -0.2) is 23.3 Å². The van der Waals surface area contributed by atoms with Crippen molar-refractivity contribution >= 4 is 29.2 Å². The van der Waals surface area contributed by atoms with Crippen LogP contribution in [0.4, 0.5) is 36.4 Å². The van der Waals surface area contributed by atoms with Gasteiger partial charge in [0.15, 0.2) is 23.3 Å². The van der Waals surface area contributed by atoms with Gasteiger partial charge < -0.3 is 19.9 Å². The molecule has 1 amide bonds. The number of rotatable bonds is 7. The largest absolute Gasteiger partial charge is 0.573 e. The number of amides is 1. The minimum absolute atomic E-state index is 0.00640. The molecular formula is C22H11ClF7NO5. The number of anilines is 1. The Balaban J connectivity index is 1.77. The highest BCUT2D eigenvalue weighted by Crippen LogP contribution is 2.31. The first-order valence-electron chi connectivity index (χ1n) is 9.46. The van der Waals surface area contributed by atoms with Crippen LogP contribution in [0.1, 0.15) is 26.3 Å². The minimum Gasteiger partial charge on any atom is -0.487 e. The summed E-state index contributed by atoms with van der Waals surface area (Å²) in [4.78, 5) is 23.6. The summed E-state index contributed by atoms with van der Waals surface area (Å²) >= 11 is 6.04. The van der Waals surface area contributed by atoms with Crippen molar-refractivity contribution in [3.8, 4) is 11.5 Å². The number of hydrogen-bond acceptors (Lipinski definition) is 4. The molecule has 0 aliphatic carbocycles. The number of carbonyl (C=O) groups excluding carboxylic acids is 1. The average molecular weight is 538 g/mol. The van der Waals surface area contributed by atoms with Crippen LogP contribution < -0.4 is 14.8 Å². The summed E-state index contributed by atoms with van der Waals surface area (Å²) in [5.74, 6) is -13.6. The molecular weight excluding hydrogens is 527 g/mol. The summed E-state index contributed by atoms with van der Waals surface area (Å²) in [5.41, 5.74) is -3.22. The first-order chi connectivity index (χ1) is 16.8. The summed E-state index contributed by atoms with van der Waals surface area (Å²) in [6.07, 6.45) is -4.89. The number of benzene rings is 3. The van der Waals surface area contributed by atoms with Gasteiger partial charge in [-0.1, -0.05) is 23.7 Å². The number of carboxylic acids is 1. The molecule has 0 unspecified atom stereocenters. The predicted octanol–water partition coefficient (Wildman–Crippen LogP) is 6.32. The van der Waals surface area contributed by atoms with E-state index >= 15 is 0 Å².